The summed E-state index contributed by atoms with van der Waals surface area (Å²) in [6.45, 7) is 4.89. The van der Waals surface area contributed by atoms with Crippen LogP contribution in [0.15, 0.2) is 0 Å². The van der Waals surface area contributed by atoms with Crippen LogP contribution in [-0.2, 0) is 0 Å². The molecule has 0 aliphatic carbocycles. The second-order valence-corrected chi connectivity index (χ2v) is 3.04. The van der Waals surface area contributed by atoms with Gasteiger partial charge in [0.05, 0.1) is 6.10 Å². The third kappa shape index (κ3) is 2.67. The standard InChI is InChI=1S/C8H16NO/c1-8(10)7-9-5-3-2-4-6-9/h3,8,10H,2,4-7H2,1H3/t8-/m0/s1. The molecule has 1 rings (SSSR count). The van der Waals surface area contributed by atoms with Gasteiger partial charge in [-0.2, -0.15) is 0 Å². The maximum Gasteiger partial charge on any atom is 0.0639 e. The van der Waals surface area contributed by atoms with Crippen LogP contribution >= 0.6 is 0 Å². The van der Waals surface area contributed by atoms with Crippen LogP contribution in [-0.4, -0.2) is 35.7 Å². The molecule has 0 aromatic carbocycles. The lowest BCUT2D eigenvalue weighted by Crippen LogP contribution is -2.35. The van der Waals surface area contributed by atoms with Crippen molar-refractivity contribution in [2.45, 2.75) is 25.9 Å². The Kier molecular flexibility index (Phi) is 3.16. The first-order chi connectivity index (χ1) is 4.79. The Bertz CT molecular complexity index is 87.3. The normalized spacial score (nSPS) is 24.6. The Balaban J connectivity index is 2.13. The molecular weight excluding hydrogens is 126 g/mol. The molecule has 1 aliphatic heterocycles. The molecule has 59 valence electrons. The average Bonchev–Trinajstić information content (AvgIpc) is 1.88. The van der Waals surface area contributed by atoms with E-state index >= 15 is 0 Å². The molecule has 0 aromatic heterocycles. The second kappa shape index (κ2) is 3.94. The lowest BCUT2D eigenvalue weighted by Gasteiger charge is -2.26. The van der Waals surface area contributed by atoms with Crippen LogP contribution in [0.25, 0.3) is 0 Å². The van der Waals surface area contributed by atoms with E-state index in [-0.39, 0.29) is 6.10 Å². The largest absolute Gasteiger partial charge is 0.392 e. The fourth-order valence-electron chi connectivity index (χ4n) is 1.36. The van der Waals surface area contributed by atoms with Gasteiger partial charge in [-0.1, -0.05) is 0 Å². The number of hydrogen-bond acceptors (Lipinski definition) is 2. The predicted molar refractivity (Wildman–Crippen MR) is 41.7 cm³/mol. The summed E-state index contributed by atoms with van der Waals surface area (Å²) in [5, 5.41) is 9.05. The summed E-state index contributed by atoms with van der Waals surface area (Å²) in [6, 6.07) is 0. The summed E-state index contributed by atoms with van der Waals surface area (Å²) in [4.78, 5) is 2.29. The van der Waals surface area contributed by atoms with Crippen molar-refractivity contribution in [3.05, 3.63) is 6.42 Å². The molecule has 0 bridgehead atoms. The predicted octanol–water partition coefficient (Wildman–Crippen LogP) is 0.667. The van der Waals surface area contributed by atoms with Gasteiger partial charge in [0, 0.05) is 13.1 Å². The Morgan fingerprint density at radius 1 is 1.70 bits per heavy atom. The summed E-state index contributed by atoms with van der Waals surface area (Å²) in [7, 11) is 0. The van der Waals surface area contributed by atoms with Gasteiger partial charge in [0.1, 0.15) is 0 Å². The molecule has 0 unspecified atom stereocenters. The number of β-amino-alcohol motifs (C(OH)–C–C–N with tert-alkyl or cyclic N) is 1. The van der Waals surface area contributed by atoms with Crippen molar-refractivity contribution >= 4 is 0 Å². The molecule has 2 heteroatoms. The van der Waals surface area contributed by atoms with Crippen molar-refractivity contribution in [1.29, 1.82) is 0 Å². The van der Waals surface area contributed by atoms with Crippen LogP contribution in [0.2, 0.25) is 0 Å². The van der Waals surface area contributed by atoms with E-state index in [4.69, 9.17) is 5.11 Å². The minimum atomic E-state index is -0.175. The fourth-order valence-corrected chi connectivity index (χ4v) is 1.36. The van der Waals surface area contributed by atoms with Crippen LogP contribution in [0.5, 0.6) is 0 Å². The zero-order chi connectivity index (χ0) is 7.40. The minimum absolute atomic E-state index is 0.175. The zero-order valence-electron chi connectivity index (χ0n) is 6.58. The monoisotopic (exact) mass is 142 g/mol. The molecule has 0 saturated carbocycles. The summed E-state index contributed by atoms with van der Waals surface area (Å²) in [5.74, 6) is 0. The molecule has 1 fully saturated rings. The minimum Gasteiger partial charge on any atom is -0.392 e. The fraction of sp³-hybridized carbons (Fsp3) is 0.875. The molecule has 1 saturated heterocycles. The molecular formula is C8H16NO. The van der Waals surface area contributed by atoms with Gasteiger partial charge in [0.25, 0.3) is 0 Å². The molecule has 0 amide bonds. The Labute approximate surface area is 62.8 Å². The topological polar surface area (TPSA) is 23.5 Å². The molecule has 1 heterocycles. The zero-order valence-corrected chi connectivity index (χ0v) is 6.58. The van der Waals surface area contributed by atoms with E-state index in [0.717, 1.165) is 19.6 Å². The van der Waals surface area contributed by atoms with Gasteiger partial charge in [-0.25, -0.2) is 0 Å². The van der Waals surface area contributed by atoms with Gasteiger partial charge in [-0.05, 0) is 32.7 Å². The molecule has 0 aromatic rings. The van der Waals surface area contributed by atoms with Gasteiger partial charge >= 0.3 is 0 Å². The number of piperidine rings is 1. The van der Waals surface area contributed by atoms with Crippen molar-refractivity contribution in [3.63, 3.8) is 0 Å². The van der Waals surface area contributed by atoms with E-state index in [0.29, 0.717) is 0 Å². The van der Waals surface area contributed by atoms with Crippen LogP contribution in [0.4, 0.5) is 0 Å². The number of aliphatic hydroxyl groups excluding tert-OH is 1. The average molecular weight is 142 g/mol. The molecule has 1 aliphatic rings. The maximum absolute atomic E-state index is 9.05. The lowest BCUT2D eigenvalue weighted by atomic mass is 10.1. The first-order valence-electron chi connectivity index (χ1n) is 4.01. The number of likely N-dealkylation sites (tertiary alicyclic amines) is 1. The molecule has 0 spiro atoms. The number of rotatable bonds is 2. The van der Waals surface area contributed by atoms with Crippen molar-refractivity contribution in [3.8, 4) is 0 Å². The summed E-state index contributed by atoms with van der Waals surface area (Å²) < 4.78 is 0. The van der Waals surface area contributed by atoms with Gasteiger partial charge in [-0.3, -0.25) is 0 Å². The molecule has 1 radical (unpaired) electrons. The van der Waals surface area contributed by atoms with E-state index in [9.17, 15) is 0 Å². The van der Waals surface area contributed by atoms with E-state index in [1.807, 2.05) is 6.92 Å². The van der Waals surface area contributed by atoms with Crippen LogP contribution in [0.3, 0.4) is 0 Å². The summed E-state index contributed by atoms with van der Waals surface area (Å²) in [5.41, 5.74) is 0. The third-order valence-corrected chi connectivity index (χ3v) is 1.79. The number of hydrogen-bond donors (Lipinski definition) is 1. The van der Waals surface area contributed by atoms with Gasteiger partial charge < -0.3 is 10.0 Å². The lowest BCUT2D eigenvalue weighted by molar-refractivity contribution is 0.124. The number of nitrogens with zero attached hydrogens (tertiary/aromatic N) is 1. The summed E-state index contributed by atoms with van der Waals surface area (Å²) >= 11 is 0. The first kappa shape index (κ1) is 8.02. The highest BCUT2D eigenvalue weighted by molar-refractivity contribution is 4.78. The highest BCUT2D eigenvalue weighted by Gasteiger charge is 2.11. The van der Waals surface area contributed by atoms with Gasteiger partial charge in [0.15, 0.2) is 0 Å². The van der Waals surface area contributed by atoms with Crippen LogP contribution in [0, 0.1) is 6.42 Å². The van der Waals surface area contributed by atoms with Gasteiger partial charge in [-0.15, -0.1) is 0 Å². The summed E-state index contributed by atoms with van der Waals surface area (Å²) in [6.07, 6.45) is 4.61. The van der Waals surface area contributed by atoms with Crippen molar-refractivity contribution in [1.82, 2.24) is 4.90 Å². The van der Waals surface area contributed by atoms with E-state index < -0.39 is 0 Å². The van der Waals surface area contributed by atoms with Crippen LogP contribution < -0.4 is 0 Å². The maximum atomic E-state index is 9.05. The second-order valence-electron chi connectivity index (χ2n) is 3.04. The Hall–Kier alpha value is -0.0800. The molecule has 1 atom stereocenters. The SMILES string of the molecule is C[C@H](O)CN1C[CH]CCC1. The van der Waals surface area contributed by atoms with Crippen molar-refractivity contribution < 1.29 is 5.11 Å². The number of aliphatic hydroxyl groups is 1. The van der Waals surface area contributed by atoms with Crippen LogP contribution in [0.1, 0.15) is 19.8 Å². The molecule has 2 nitrogen and oxygen atoms in total. The first-order valence-corrected chi connectivity index (χ1v) is 4.01. The third-order valence-electron chi connectivity index (χ3n) is 1.79. The van der Waals surface area contributed by atoms with E-state index in [2.05, 4.69) is 11.3 Å². The van der Waals surface area contributed by atoms with E-state index in [1.165, 1.54) is 12.8 Å². The quantitative estimate of drug-likeness (QED) is 0.612. The van der Waals surface area contributed by atoms with E-state index in [1.54, 1.807) is 0 Å². The van der Waals surface area contributed by atoms with Crippen molar-refractivity contribution in [2.24, 2.45) is 0 Å². The highest BCUT2D eigenvalue weighted by Crippen LogP contribution is 2.07. The smallest absolute Gasteiger partial charge is 0.0639 e. The Morgan fingerprint density at radius 2 is 2.50 bits per heavy atom. The Morgan fingerprint density at radius 3 is 3.00 bits per heavy atom. The van der Waals surface area contributed by atoms with Gasteiger partial charge in [0.2, 0.25) is 0 Å². The molecule has 1 N–H and O–H groups in total. The highest BCUT2D eigenvalue weighted by atomic mass is 16.3. The van der Waals surface area contributed by atoms with Crippen molar-refractivity contribution in [2.75, 3.05) is 19.6 Å². The molecule has 10 heavy (non-hydrogen) atoms.